The van der Waals surface area contributed by atoms with E-state index in [0.717, 1.165) is 6.42 Å². The number of allylic oxidation sites excluding steroid dienone is 4. The van der Waals surface area contributed by atoms with Crippen LogP contribution < -0.4 is 5.43 Å². The van der Waals surface area contributed by atoms with E-state index in [0.29, 0.717) is 23.7 Å². The molecule has 0 saturated heterocycles. The van der Waals surface area contributed by atoms with Crippen LogP contribution in [0.15, 0.2) is 45.0 Å². The van der Waals surface area contributed by atoms with Crippen molar-refractivity contribution in [3.05, 3.63) is 63.1 Å². The largest absolute Gasteiger partial charge is 0.508 e. The van der Waals surface area contributed by atoms with Gasteiger partial charge < -0.3 is 19.4 Å². The summed E-state index contributed by atoms with van der Waals surface area (Å²) < 4.78 is 11.2. The molecule has 3 rings (SSSR count). The summed E-state index contributed by atoms with van der Waals surface area (Å²) in [5.41, 5.74) is -0.0787. The van der Waals surface area contributed by atoms with E-state index in [-0.39, 0.29) is 34.3 Å². The van der Waals surface area contributed by atoms with Crippen molar-refractivity contribution in [2.75, 3.05) is 7.11 Å². The first kappa shape index (κ1) is 14.5. The summed E-state index contributed by atoms with van der Waals surface area (Å²) in [4.78, 5) is 12.3. The molecule has 0 saturated carbocycles. The van der Waals surface area contributed by atoms with Gasteiger partial charge in [0.15, 0.2) is 5.43 Å². The molecule has 1 heterocycles. The molecule has 0 bridgehead atoms. The van der Waals surface area contributed by atoms with E-state index in [4.69, 9.17) is 9.15 Å². The van der Waals surface area contributed by atoms with Crippen molar-refractivity contribution in [1.29, 1.82) is 0 Å². The van der Waals surface area contributed by atoms with E-state index < -0.39 is 0 Å². The zero-order chi connectivity index (χ0) is 15.9. The molecule has 2 N–H and O–H groups in total. The minimum absolute atomic E-state index is 0.0673. The lowest BCUT2D eigenvalue weighted by atomic mass is 9.78. The van der Waals surface area contributed by atoms with Gasteiger partial charge in [-0.15, -0.1) is 0 Å². The first-order valence-corrected chi connectivity index (χ1v) is 7.29. The van der Waals surface area contributed by atoms with Crippen LogP contribution in [-0.2, 0) is 11.2 Å². The van der Waals surface area contributed by atoms with Crippen LogP contribution in [-0.4, -0.2) is 17.3 Å². The van der Waals surface area contributed by atoms with Crippen molar-refractivity contribution >= 4 is 5.76 Å². The number of aliphatic hydroxyl groups is 2. The third-order valence-corrected chi connectivity index (χ3v) is 3.99. The van der Waals surface area contributed by atoms with Crippen LogP contribution in [0.4, 0.5) is 0 Å². The molecule has 0 aromatic carbocycles. The number of methoxy groups -OCH3 is 1. The summed E-state index contributed by atoms with van der Waals surface area (Å²) in [5.74, 6) is 0.787. The van der Waals surface area contributed by atoms with Crippen LogP contribution in [0.1, 0.15) is 36.3 Å². The Morgan fingerprint density at radius 2 is 2.09 bits per heavy atom. The Hall–Kier alpha value is -2.43. The van der Waals surface area contributed by atoms with Crippen molar-refractivity contribution in [3.63, 3.8) is 0 Å². The zero-order valence-electron chi connectivity index (χ0n) is 12.5. The molecule has 5 nitrogen and oxygen atoms in total. The molecule has 0 amide bonds. The Bertz CT molecular complexity index is 751. The average molecular weight is 302 g/mol. The molecule has 0 radical (unpaired) electrons. The fourth-order valence-electron chi connectivity index (χ4n) is 3.07. The highest BCUT2D eigenvalue weighted by Crippen LogP contribution is 2.44. The zero-order valence-corrected chi connectivity index (χ0v) is 12.5. The minimum Gasteiger partial charge on any atom is -0.508 e. The lowest BCUT2D eigenvalue weighted by Gasteiger charge is -2.31. The molecule has 0 fully saturated rings. The topological polar surface area (TPSA) is 79.9 Å². The van der Waals surface area contributed by atoms with Gasteiger partial charge in [-0.3, -0.25) is 4.79 Å². The Morgan fingerprint density at radius 3 is 2.77 bits per heavy atom. The predicted octanol–water partition coefficient (Wildman–Crippen LogP) is 3.19. The number of rotatable bonds is 3. The monoisotopic (exact) mass is 302 g/mol. The van der Waals surface area contributed by atoms with Gasteiger partial charge in [-0.1, -0.05) is 6.92 Å². The fraction of sp³-hybridized carbons (Fsp3) is 0.353. The minimum atomic E-state index is -0.351. The molecule has 2 aliphatic carbocycles. The summed E-state index contributed by atoms with van der Waals surface area (Å²) in [6.45, 7) is 2.00. The van der Waals surface area contributed by atoms with E-state index in [1.54, 1.807) is 12.2 Å². The van der Waals surface area contributed by atoms with Crippen LogP contribution in [0.25, 0.3) is 5.76 Å². The summed E-state index contributed by atoms with van der Waals surface area (Å²) >= 11 is 0. The molecule has 5 heteroatoms. The van der Waals surface area contributed by atoms with Gasteiger partial charge in [0.05, 0.1) is 13.0 Å². The lowest BCUT2D eigenvalue weighted by molar-refractivity contribution is 0.229. The molecule has 1 aromatic heterocycles. The Kier molecular flexibility index (Phi) is 3.56. The second kappa shape index (κ2) is 5.40. The maximum Gasteiger partial charge on any atom is 0.196 e. The van der Waals surface area contributed by atoms with E-state index >= 15 is 0 Å². The molecular formula is C17H18O5. The van der Waals surface area contributed by atoms with Gasteiger partial charge in [-0.25, -0.2) is 0 Å². The maximum atomic E-state index is 12.3. The third-order valence-electron chi connectivity index (χ3n) is 3.99. The predicted molar refractivity (Wildman–Crippen MR) is 81.6 cm³/mol. The van der Waals surface area contributed by atoms with Crippen LogP contribution in [0.2, 0.25) is 0 Å². The number of ether oxygens (including phenoxy) is 1. The number of aliphatic hydroxyl groups excluding tert-OH is 2. The molecule has 2 aliphatic rings. The summed E-state index contributed by atoms with van der Waals surface area (Å²) in [7, 11) is 1.51. The van der Waals surface area contributed by atoms with Crippen LogP contribution >= 0.6 is 0 Å². The Balaban J connectivity index is 2.22. The highest BCUT2D eigenvalue weighted by atomic mass is 16.5. The fourth-order valence-corrected chi connectivity index (χ4v) is 3.07. The van der Waals surface area contributed by atoms with Gasteiger partial charge in [0, 0.05) is 24.5 Å². The number of aryl methyl sites for hydroxylation is 1. The molecular weight excluding hydrogens is 284 g/mol. The van der Waals surface area contributed by atoms with Crippen LogP contribution in [0, 0.1) is 5.92 Å². The molecule has 116 valence electrons. The summed E-state index contributed by atoms with van der Waals surface area (Å²) in [6.07, 6.45) is 6.17. The van der Waals surface area contributed by atoms with E-state index in [9.17, 15) is 15.0 Å². The van der Waals surface area contributed by atoms with Crippen molar-refractivity contribution in [3.8, 4) is 0 Å². The van der Waals surface area contributed by atoms with E-state index in [1.165, 1.54) is 19.3 Å². The van der Waals surface area contributed by atoms with Crippen molar-refractivity contribution in [1.82, 2.24) is 0 Å². The second-order valence-electron chi connectivity index (χ2n) is 5.52. The lowest BCUT2D eigenvalue weighted by Crippen LogP contribution is -2.26. The van der Waals surface area contributed by atoms with Crippen molar-refractivity contribution in [2.45, 2.75) is 25.7 Å². The highest BCUT2D eigenvalue weighted by Gasteiger charge is 2.38. The first-order valence-electron chi connectivity index (χ1n) is 7.29. The van der Waals surface area contributed by atoms with Gasteiger partial charge in [0.1, 0.15) is 34.4 Å². The van der Waals surface area contributed by atoms with E-state index in [2.05, 4.69) is 0 Å². The van der Waals surface area contributed by atoms with Crippen LogP contribution in [0.3, 0.4) is 0 Å². The number of hydrogen-bond donors (Lipinski definition) is 2. The number of fused-ring (bicyclic) bond motifs is 3. The number of hydrogen-bond acceptors (Lipinski definition) is 5. The van der Waals surface area contributed by atoms with Crippen LogP contribution in [0.5, 0.6) is 0 Å². The second-order valence-corrected chi connectivity index (χ2v) is 5.52. The van der Waals surface area contributed by atoms with Gasteiger partial charge in [0.2, 0.25) is 0 Å². The smallest absolute Gasteiger partial charge is 0.196 e. The van der Waals surface area contributed by atoms with E-state index in [1.807, 2.05) is 6.92 Å². The molecule has 1 aromatic rings. The van der Waals surface area contributed by atoms with Gasteiger partial charge in [-0.05, 0) is 18.6 Å². The molecule has 22 heavy (non-hydrogen) atoms. The van der Waals surface area contributed by atoms with Gasteiger partial charge in [-0.2, -0.15) is 0 Å². The normalized spacial score (nSPS) is 22.9. The molecule has 2 atom stereocenters. The molecule has 0 aliphatic heterocycles. The molecule has 0 unspecified atom stereocenters. The SMILES string of the molecule is CCCc1cc(=O)c2c(o1)[C@@H]1C(OC)=CC(O)=C[C@H]1C=C2O. The maximum absolute atomic E-state index is 12.3. The van der Waals surface area contributed by atoms with Gasteiger partial charge >= 0.3 is 0 Å². The quantitative estimate of drug-likeness (QED) is 0.896. The highest BCUT2D eigenvalue weighted by molar-refractivity contribution is 5.65. The third kappa shape index (κ3) is 2.22. The van der Waals surface area contributed by atoms with Gasteiger partial charge in [0.25, 0.3) is 0 Å². The molecule has 0 spiro atoms. The Labute approximate surface area is 127 Å². The first-order chi connectivity index (χ1) is 10.5. The summed E-state index contributed by atoms with van der Waals surface area (Å²) in [6, 6.07) is 1.43. The Morgan fingerprint density at radius 1 is 1.32 bits per heavy atom. The van der Waals surface area contributed by atoms with Crippen molar-refractivity contribution in [2.24, 2.45) is 5.92 Å². The summed E-state index contributed by atoms with van der Waals surface area (Å²) in [5, 5.41) is 20.0. The average Bonchev–Trinajstić information content (AvgIpc) is 2.45. The standard InChI is InChI=1S/C17H18O5/c1-3-4-11-8-13(20)16-12(19)6-9-5-10(18)7-14(21-2)15(9)17(16)22-11/h5-9,15,18-19H,3-4H2,1-2H3/t9-,15-/m0/s1. The van der Waals surface area contributed by atoms with Crippen molar-refractivity contribution < 1.29 is 19.4 Å².